The Morgan fingerprint density at radius 2 is 2.33 bits per heavy atom. The minimum atomic E-state index is 0.522. The van der Waals surface area contributed by atoms with Gasteiger partial charge in [0.15, 0.2) is 5.82 Å². The first-order chi connectivity index (χ1) is 5.79. The number of hydrogen-bond donors (Lipinski definition) is 1. The fourth-order valence-electron chi connectivity index (χ4n) is 1.07. The number of nitrogens with two attached hydrogens (primary N) is 1. The second-order valence-electron chi connectivity index (χ2n) is 2.49. The number of aromatic nitrogens is 3. The number of nitrogen functional groups attached to an aromatic ring is 1. The number of nitrogens with zero attached hydrogens (tertiary/aromatic N) is 3. The molecule has 0 spiro atoms. The maximum atomic E-state index is 5.59. The standard InChI is InChI=1S/C7H14N4O/c1-3-6-7(8)9-10-11(6)4-5-12-2/h3-5,8H2,1-2H3. The predicted octanol–water partition coefficient (Wildman–Crippen LogP) is 0.0691. The lowest BCUT2D eigenvalue weighted by Crippen LogP contribution is -2.09. The number of methoxy groups -OCH3 is 1. The van der Waals surface area contributed by atoms with E-state index in [1.54, 1.807) is 11.8 Å². The van der Waals surface area contributed by atoms with Gasteiger partial charge < -0.3 is 10.5 Å². The van der Waals surface area contributed by atoms with Crippen LogP contribution in [0, 0.1) is 0 Å². The first-order valence-corrected chi connectivity index (χ1v) is 3.96. The molecule has 0 aromatic carbocycles. The highest BCUT2D eigenvalue weighted by molar-refractivity contribution is 5.32. The van der Waals surface area contributed by atoms with Gasteiger partial charge in [0, 0.05) is 7.11 Å². The Bertz CT molecular complexity index is 246. The lowest BCUT2D eigenvalue weighted by atomic mass is 10.3. The summed E-state index contributed by atoms with van der Waals surface area (Å²) in [6.45, 7) is 3.37. The fraction of sp³-hybridized carbons (Fsp3) is 0.714. The van der Waals surface area contributed by atoms with Gasteiger partial charge in [0.05, 0.1) is 18.8 Å². The van der Waals surface area contributed by atoms with E-state index in [2.05, 4.69) is 10.3 Å². The van der Waals surface area contributed by atoms with E-state index in [9.17, 15) is 0 Å². The Hall–Kier alpha value is -1.10. The number of ether oxygens (including phenoxy) is 1. The summed E-state index contributed by atoms with van der Waals surface area (Å²) in [5.74, 6) is 0.522. The molecule has 0 saturated heterocycles. The van der Waals surface area contributed by atoms with E-state index in [0.29, 0.717) is 19.0 Å². The average molecular weight is 170 g/mol. The van der Waals surface area contributed by atoms with Gasteiger partial charge in [-0.15, -0.1) is 5.10 Å². The van der Waals surface area contributed by atoms with E-state index in [0.717, 1.165) is 12.1 Å². The first-order valence-electron chi connectivity index (χ1n) is 3.96. The average Bonchev–Trinajstić information content (AvgIpc) is 2.43. The SMILES string of the molecule is CCc1c(N)nnn1CCOC. The van der Waals surface area contributed by atoms with Gasteiger partial charge in [-0.2, -0.15) is 0 Å². The molecule has 68 valence electrons. The van der Waals surface area contributed by atoms with Gasteiger partial charge in [-0.3, -0.25) is 0 Å². The molecule has 1 rings (SSSR count). The van der Waals surface area contributed by atoms with Crippen molar-refractivity contribution < 1.29 is 4.74 Å². The Morgan fingerprint density at radius 1 is 1.58 bits per heavy atom. The van der Waals surface area contributed by atoms with Crippen molar-refractivity contribution in [3.8, 4) is 0 Å². The Kier molecular flexibility index (Phi) is 3.04. The lowest BCUT2D eigenvalue weighted by Gasteiger charge is -2.02. The molecule has 0 aliphatic rings. The number of rotatable bonds is 4. The van der Waals surface area contributed by atoms with Crippen molar-refractivity contribution in [3.63, 3.8) is 0 Å². The molecule has 2 N–H and O–H groups in total. The van der Waals surface area contributed by atoms with E-state index < -0.39 is 0 Å². The van der Waals surface area contributed by atoms with Gasteiger partial charge in [-0.25, -0.2) is 4.68 Å². The molecule has 1 heterocycles. The van der Waals surface area contributed by atoms with Crippen molar-refractivity contribution in [2.24, 2.45) is 0 Å². The summed E-state index contributed by atoms with van der Waals surface area (Å²) in [6, 6.07) is 0. The van der Waals surface area contributed by atoms with E-state index in [4.69, 9.17) is 10.5 Å². The van der Waals surface area contributed by atoms with Crippen LogP contribution in [-0.2, 0) is 17.7 Å². The van der Waals surface area contributed by atoms with Crippen LogP contribution in [0.1, 0.15) is 12.6 Å². The highest BCUT2D eigenvalue weighted by Gasteiger charge is 2.06. The zero-order valence-corrected chi connectivity index (χ0v) is 7.45. The van der Waals surface area contributed by atoms with Crippen molar-refractivity contribution in [3.05, 3.63) is 5.69 Å². The second kappa shape index (κ2) is 4.06. The maximum absolute atomic E-state index is 5.59. The van der Waals surface area contributed by atoms with Gasteiger partial charge >= 0.3 is 0 Å². The van der Waals surface area contributed by atoms with Gasteiger partial charge in [0.25, 0.3) is 0 Å². The van der Waals surface area contributed by atoms with Gasteiger partial charge in [0.2, 0.25) is 0 Å². The molecule has 12 heavy (non-hydrogen) atoms. The third kappa shape index (κ3) is 1.73. The van der Waals surface area contributed by atoms with Crippen molar-refractivity contribution in [2.45, 2.75) is 19.9 Å². The van der Waals surface area contributed by atoms with Crippen LogP contribution in [0.2, 0.25) is 0 Å². The largest absolute Gasteiger partial charge is 0.383 e. The van der Waals surface area contributed by atoms with Gasteiger partial charge in [-0.1, -0.05) is 12.1 Å². The van der Waals surface area contributed by atoms with Gasteiger partial charge in [0.1, 0.15) is 0 Å². The molecule has 0 unspecified atom stereocenters. The van der Waals surface area contributed by atoms with E-state index in [1.807, 2.05) is 6.92 Å². The molecule has 1 aromatic rings. The van der Waals surface area contributed by atoms with Crippen LogP contribution in [0.5, 0.6) is 0 Å². The van der Waals surface area contributed by atoms with Crippen molar-refractivity contribution in [1.29, 1.82) is 0 Å². The van der Waals surface area contributed by atoms with Crippen molar-refractivity contribution >= 4 is 5.82 Å². The summed E-state index contributed by atoms with van der Waals surface area (Å²) in [4.78, 5) is 0. The lowest BCUT2D eigenvalue weighted by molar-refractivity contribution is 0.182. The quantitative estimate of drug-likeness (QED) is 0.694. The molecule has 0 aliphatic carbocycles. The zero-order chi connectivity index (χ0) is 8.97. The summed E-state index contributed by atoms with van der Waals surface area (Å²) in [5.41, 5.74) is 6.57. The number of hydrogen-bond acceptors (Lipinski definition) is 4. The highest BCUT2D eigenvalue weighted by Crippen LogP contribution is 2.06. The van der Waals surface area contributed by atoms with Crippen LogP contribution < -0.4 is 5.73 Å². The molecule has 0 aliphatic heterocycles. The van der Waals surface area contributed by atoms with Crippen LogP contribution in [-0.4, -0.2) is 28.7 Å². The van der Waals surface area contributed by atoms with Crippen LogP contribution in [0.25, 0.3) is 0 Å². The highest BCUT2D eigenvalue weighted by atomic mass is 16.5. The van der Waals surface area contributed by atoms with Crippen LogP contribution in [0.4, 0.5) is 5.82 Å². The Labute approximate surface area is 71.5 Å². The third-order valence-corrected chi connectivity index (χ3v) is 1.71. The molecule has 0 saturated carbocycles. The molecule has 0 amide bonds. The fourth-order valence-corrected chi connectivity index (χ4v) is 1.07. The predicted molar refractivity (Wildman–Crippen MR) is 45.7 cm³/mol. The molecule has 5 heteroatoms. The minimum absolute atomic E-state index is 0.522. The summed E-state index contributed by atoms with van der Waals surface area (Å²) >= 11 is 0. The van der Waals surface area contributed by atoms with E-state index in [1.165, 1.54) is 0 Å². The first kappa shape index (κ1) is 8.99. The normalized spacial score (nSPS) is 10.5. The summed E-state index contributed by atoms with van der Waals surface area (Å²) in [7, 11) is 1.66. The van der Waals surface area contributed by atoms with Crippen LogP contribution in [0.3, 0.4) is 0 Å². The second-order valence-corrected chi connectivity index (χ2v) is 2.49. The molecule has 5 nitrogen and oxygen atoms in total. The van der Waals surface area contributed by atoms with E-state index >= 15 is 0 Å². The molecular weight excluding hydrogens is 156 g/mol. The molecule has 0 radical (unpaired) electrons. The topological polar surface area (TPSA) is 66.0 Å². The summed E-state index contributed by atoms with van der Waals surface area (Å²) in [5, 5.41) is 7.66. The molecule has 0 fully saturated rings. The zero-order valence-electron chi connectivity index (χ0n) is 7.45. The molecular formula is C7H14N4O. The smallest absolute Gasteiger partial charge is 0.169 e. The van der Waals surface area contributed by atoms with Crippen molar-refractivity contribution in [1.82, 2.24) is 15.0 Å². The van der Waals surface area contributed by atoms with Crippen molar-refractivity contribution in [2.75, 3.05) is 19.5 Å². The minimum Gasteiger partial charge on any atom is -0.383 e. The summed E-state index contributed by atoms with van der Waals surface area (Å²) in [6.07, 6.45) is 0.850. The molecule has 0 atom stereocenters. The Balaban J connectivity index is 2.70. The third-order valence-electron chi connectivity index (χ3n) is 1.71. The maximum Gasteiger partial charge on any atom is 0.169 e. The van der Waals surface area contributed by atoms with Crippen LogP contribution in [0.15, 0.2) is 0 Å². The number of anilines is 1. The molecule has 0 bridgehead atoms. The molecule has 1 aromatic heterocycles. The monoisotopic (exact) mass is 170 g/mol. The van der Waals surface area contributed by atoms with Gasteiger partial charge in [-0.05, 0) is 6.42 Å². The van der Waals surface area contributed by atoms with Crippen LogP contribution >= 0.6 is 0 Å². The summed E-state index contributed by atoms with van der Waals surface area (Å²) < 4.78 is 6.70. The Morgan fingerprint density at radius 3 is 2.92 bits per heavy atom. The van der Waals surface area contributed by atoms with E-state index in [-0.39, 0.29) is 0 Å².